The summed E-state index contributed by atoms with van der Waals surface area (Å²) in [6, 6.07) is 10.9. The maximum Gasteiger partial charge on any atom is 0.240 e. The third kappa shape index (κ3) is 5.14. The Labute approximate surface area is 149 Å². The van der Waals surface area contributed by atoms with Crippen LogP contribution in [0.3, 0.4) is 0 Å². The quantitative estimate of drug-likeness (QED) is 0.830. The van der Waals surface area contributed by atoms with E-state index >= 15 is 0 Å². The monoisotopic (exact) mass is 360 g/mol. The van der Waals surface area contributed by atoms with Crippen LogP contribution >= 0.6 is 0 Å². The lowest BCUT2D eigenvalue weighted by Crippen LogP contribution is -2.28. The number of amides is 1. The van der Waals surface area contributed by atoms with Crippen LogP contribution in [-0.4, -0.2) is 20.9 Å². The topological polar surface area (TPSA) is 75.3 Å². The van der Waals surface area contributed by atoms with Gasteiger partial charge in [0.15, 0.2) is 0 Å². The predicted octanol–water partition coefficient (Wildman–Crippen LogP) is 3.23. The molecular weight excluding hydrogens is 336 g/mol. The first-order valence-electron chi connectivity index (χ1n) is 8.13. The molecule has 0 heterocycles. The number of nitrogens with one attached hydrogen (secondary N) is 2. The van der Waals surface area contributed by atoms with Crippen LogP contribution in [0, 0.1) is 27.7 Å². The fourth-order valence-electron chi connectivity index (χ4n) is 2.42. The summed E-state index contributed by atoms with van der Waals surface area (Å²) in [5.74, 6) is -0.230. The van der Waals surface area contributed by atoms with Crippen LogP contribution in [0.25, 0.3) is 0 Å². The normalized spacial score (nSPS) is 11.4. The number of anilines is 1. The maximum atomic E-state index is 12.4. The van der Waals surface area contributed by atoms with Gasteiger partial charge in [-0.05, 0) is 68.1 Å². The lowest BCUT2D eigenvalue weighted by atomic mass is 10.1. The van der Waals surface area contributed by atoms with Crippen molar-refractivity contribution in [3.8, 4) is 0 Å². The highest BCUT2D eigenvalue weighted by atomic mass is 32.2. The van der Waals surface area contributed by atoms with Gasteiger partial charge in [0, 0.05) is 18.7 Å². The molecule has 0 spiro atoms. The smallest absolute Gasteiger partial charge is 0.240 e. The molecule has 0 saturated heterocycles. The first kappa shape index (κ1) is 19.1. The van der Waals surface area contributed by atoms with Gasteiger partial charge < -0.3 is 5.32 Å². The van der Waals surface area contributed by atoms with E-state index in [-0.39, 0.29) is 23.8 Å². The number of rotatable bonds is 6. The van der Waals surface area contributed by atoms with E-state index in [1.165, 1.54) is 0 Å². The Bertz CT molecular complexity index is 890. The lowest BCUT2D eigenvalue weighted by Gasteiger charge is -2.11. The zero-order valence-corrected chi connectivity index (χ0v) is 15.8. The van der Waals surface area contributed by atoms with E-state index in [9.17, 15) is 13.2 Å². The Morgan fingerprint density at radius 1 is 0.920 bits per heavy atom. The Hall–Kier alpha value is -2.18. The average Bonchev–Trinajstić information content (AvgIpc) is 2.53. The van der Waals surface area contributed by atoms with Crippen LogP contribution in [0.2, 0.25) is 0 Å². The van der Waals surface area contributed by atoms with Crippen LogP contribution < -0.4 is 10.0 Å². The zero-order valence-electron chi connectivity index (χ0n) is 15.0. The zero-order chi connectivity index (χ0) is 18.6. The van der Waals surface area contributed by atoms with Gasteiger partial charge in [-0.1, -0.05) is 18.2 Å². The summed E-state index contributed by atoms with van der Waals surface area (Å²) in [4.78, 5) is 12.3. The molecule has 134 valence electrons. The van der Waals surface area contributed by atoms with Crippen molar-refractivity contribution in [3.05, 3.63) is 58.7 Å². The minimum atomic E-state index is -3.62. The number of hydrogen-bond donors (Lipinski definition) is 2. The second kappa shape index (κ2) is 7.80. The van der Waals surface area contributed by atoms with E-state index < -0.39 is 10.0 Å². The van der Waals surface area contributed by atoms with Gasteiger partial charge in [-0.2, -0.15) is 0 Å². The Morgan fingerprint density at radius 2 is 1.60 bits per heavy atom. The van der Waals surface area contributed by atoms with E-state index in [0.717, 1.165) is 16.7 Å². The molecule has 25 heavy (non-hydrogen) atoms. The number of benzene rings is 2. The Morgan fingerprint density at radius 3 is 2.28 bits per heavy atom. The van der Waals surface area contributed by atoms with Gasteiger partial charge >= 0.3 is 0 Å². The Balaban J connectivity index is 1.94. The van der Waals surface area contributed by atoms with E-state index in [2.05, 4.69) is 10.0 Å². The molecule has 0 radical (unpaired) electrons. The second-order valence-corrected chi connectivity index (χ2v) is 8.00. The van der Waals surface area contributed by atoms with Crippen molar-refractivity contribution >= 4 is 21.6 Å². The molecule has 0 unspecified atom stereocenters. The molecule has 6 heteroatoms. The first-order chi connectivity index (χ1) is 11.7. The van der Waals surface area contributed by atoms with Gasteiger partial charge in [-0.15, -0.1) is 0 Å². The van der Waals surface area contributed by atoms with Crippen molar-refractivity contribution in [2.45, 2.75) is 39.0 Å². The second-order valence-electron chi connectivity index (χ2n) is 6.26. The van der Waals surface area contributed by atoms with Crippen molar-refractivity contribution in [1.29, 1.82) is 0 Å². The van der Waals surface area contributed by atoms with Gasteiger partial charge in [0.05, 0.1) is 4.90 Å². The van der Waals surface area contributed by atoms with Gasteiger partial charge in [0.1, 0.15) is 0 Å². The highest BCUT2D eigenvalue weighted by Gasteiger charge is 2.17. The third-order valence-electron chi connectivity index (χ3n) is 4.07. The Kier molecular flexibility index (Phi) is 5.98. The van der Waals surface area contributed by atoms with E-state index in [0.29, 0.717) is 11.3 Å². The average molecular weight is 360 g/mol. The SMILES string of the molecule is Cc1ccc(C)c(S(=O)(=O)NCCC(=O)Nc2ccc(C)c(C)c2)c1. The van der Waals surface area contributed by atoms with E-state index in [4.69, 9.17) is 0 Å². The van der Waals surface area contributed by atoms with Crippen LogP contribution in [-0.2, 0) is 14.8 Å². The molecular formula is C19H24N2O3S. The molecule has 0 aliphatic heterocycles. The number of sulfonamides is 1. The summed E-state index contributed by atoms with van der Waals surface area (Å²) in [5.41, 5.74) is 4.51. The van der Waals surface area contributed by atoms with E-state index in [1.54, 1.807) is 19.1 Å². The molecule has 5 nitrogen and oxygen atoms in total. The third-order valence-corrected chi connectivity index (χ3v) is 5.67. The molecule has 2 aromatic rings. The molecule has 2 aromatic carbocycles. The minimum Gasteiger partial charge on any atom is -0.326 e. The van der Waals surface area contributed by atoms with E-state index in [1.807, 2.05) is 45.0 Å². The van der Waals surface area contributed by atoms with Crippen molar-refractivity contribution in [2.24, 2.45) is 0 Å². The van der Waals surface area contributed by atoms with Crippen molar-refractivity contribution in [3.63, 3.8) is 0 Å². The molecule has 2 rings (SSSR count). The summed E-state index contributed by atoms with van der Waals surface area (Å²) >= 11 is 0. The summed E-state index contributed by atoms with van der Waals surface area (Å²) in [7, 11) is -3.62. The number of carbonyl (C=O) groups is 1. The number of aryl methyl sites for hydroxylation is 4. The lowest BCUT2D eigenvalue weighted by molar-refractivity contribution is -0.116. The highest BCUT2D eigenvalue weighted by Crippen LogP contribution is 2.17. The maximum absolute atomic E-state index is 12.4. The van der Waals surface area contributed by atoms with Crippen LogP contribution in [0.5, 0.6) is 0 Å². The summed E-state index contributed by atoms with van der Waals surface area (Å²) < 4.78 is 27.3. The first-order valence-corrected chi connectivity index (χ1v) is 9.61. The van der Waals surface area contributed by atoms with Gasteiger partial charge in [-0.3, -0.25) is 4.79 Å². The van der Waals surface area contributed by atoms with Crippen molar-refractivity contribution in [2.75, 3.05) is 11.9 Å². The highest BCUT2D eigenvalue weighted by molar-refractivity contribution is 7.89. The van der Waals surface area contributed by atoms with Crippen molar-refractivity contribution < 1.29 is 13.2 Å². The number of carbonyl (C=O) groups excluding carboxylic acids is 1. The van der Waals surface area contributed by atoms with Crippen LogP contribution in [0.1, 0.15) is 28.7 Å². The molecule has 0 bridgehead atoms. The largest absolute Gasteiger partial charge is 0.326 e. The summed E-state index contributed by atoms with van der Waals surface area (Å²) in [6.07, 6.45) is 0.0665. The molecule has 1 amide bonds. The van der Waals surface area contributed by atoms with Gasteiger partial charge in [0.2, 0.25) is 15.9 Å². The van der Waals surface area contributed by atoms with Crippen molar-refractivity contribution in [1.82, 2.24) is 4.72 Å². The summed E-state index contributed by atoms with van der Waals surface area (Å²) in [5, 5.41) is 2.78. The molecule has 0 aliphatic rings. The molecule has 0 fully saturated rings. The molecule has 0 saturated carbocycles. The van der Waals surface area contributed by atoms with Gasteiger partial charge in [0.25, 0.3) is 0 Å². The predicted molar refractivity (Wildman–Crippen MR) is 100 cm³/mol. The molecule has 0 aromatic heterocycles. The van der Waals surface area contributed by atoms with Crippen LogP contribution in [0.15, 0.2) is 41.3 Å². The fraction of sp³-hybridized carbons (Fsp3) is 0.316. The summed E-state index contributed by atoms with van der Waals surface area (Å²) in [6.45, 7) is 7.62. The molecule has 0 atom stereocenters. The number of hydrogen-bond acceptors (Lipinski definition) is 3. The van der Waals surface area contributed by atoms with Crippen LogP contribution in [0.4, 0.5) is 5.69 Å². The minimum absolute atomic E-state index is 0.0480. The molecule has 2 N–H and O–H groups in total. The standard InChI is InChI=1S/C19H24N2O3S/c1-13-5-6-15(3)18(11-13)25(23,24)20-10-9-19(22)21-17-8-7-14(2)16(4)12-17/h5-8,11-12,20H,9-10H2,1-4H3,(H,21,22). The van der Waals surface area contributed by atoms with Gasteiger partial charge in [-0.25, -0.2) is 13.1 Å². The fourth-order valence-corrected chi connectivity index (χ4v) is 3.78. The molecule has 0 aliphatic carbocycles.